The molecule has 0 unspecified atom stereocenters. The summed E-state index contributed by atoms with van der Waals surface area (Å²) in [7, 11) is 0. The number of nitrogens with zero attached hydrogens (tertiary/aromatic N) is 1. The summed E-state index contributed by atoms with van der Waals surface area (Å²) in [5.41, 5.74) is 2.55. The van der Waals surface area contributed by atoms with Crippen LogP contribution in [0.25, 0.3) is 11.1 Å². The van der Waals surface area contributed by atoms with E-state index in [1.54, 1.807) is 17.5 Å². The van der Waals surface area contributed by atoms with E-state index in [4.69, 9.17) is 0 Å². The summed E-state index contributed by atoms with van der Waals surface area (Å²) in [6, 6.07) is 9.05. The van der Waals surface area contributed by atoms with E-state index < -0.39 is 17.1 Å². The SMILES string of the molecule is O=C(O)c1c(-c2ccccc2)csc1Nn1c(=O)c1=O. The standard InChI is InChI=1S/C13H8N2O4S/c16-11-12(17)15(11)14-10-9(13(18)19)8(6-20-10)7-4-2-1-3-5-7/h1-6,14H,(H,18,19). The molecular formula is C13H8N2O4S. The molecule has 0 saturated heterocycles. The summed E-state index contributed by atoms with van der Waals surface area (Å²) in [5.74, 6) is -1.12. The summed E-state index contributed by atoms with van der Waals surface area (Å²) < 4.78 is 0.785. The molecule has 100 valence electrons. The monoisotopic (exact) mass is 288 g/mol. The highest BCUT2D eigenvalue weighted by atomic mass is 32.1. The van der Waals surface area contributed by atoms with Crippen molar-refractivity contribution in [3.63, 3.8) is 0 Å². The lowest BCUT2D eigenvalue weighted by molar-refractivity contribution is 0.0699. The van der Waals surface area contributed by atoms with E-state index in [0.717, 1.165) is 21.6 Å². The second kappa shape index (κ2) is 4.46. The molecule has 20 heavy (non-hydrogen) atoms. The number of hydrogen-bond donors (Lipinski definition) is 2. The van der Waals surface area contributed by atoms with Gasteiger partial charge in [-0.3, -0.25) is 15.0 Å². The highest BCUT2D eigenvalue weighted by Gasteiger charge is 2.23. The number of thiophene rings is 1. The van der Waals surface area contributed by atoms with E-state index >= 15 is 0 Å². The molecule has 0 amide bonds. The first-order chi connectivity index (χ1) is 9.59. The highest BCUT2D eigenvalue weighted by Crippen LogP contribution is 2.35. The van der Waals surface area contributed by atoms with Crippen molar-refractivity contribution in [1.29, 1.82) is 0 Å². The zero-order valence-corrected chi connectivity index (χ0v) is 10.8. The molecule has 3 aromatic rings. The largest absolute Gasteiger partial charge is 0.478 e. The molecule has 2 heterocycles. The van der Waals surface area contributed by atoms with Crippen molar-refractivity contribution >= 4 is 22.3 Å². The summed E-state index contributed by atoms with van der Waals surface area (Å²) in [5, 5.41) is 11.3. The van der Waals surface area contributed by atoms with E-state index in [1.807, 2.05) is 18.2 Å². The van der Waals surface area contributed by atoms with Crippen molar-refractivity contribution in [3.05, 3.63) is 62.0 Å². The Bertz CT molecular complexity index is 831. The first-order valence-corrected chi connectivity index (χ1v) is 6.53. The Hall–Kier alpha value is -2.67. The third-order valence-corrected chi connectivity index (χ3v) is 3.73. The number of carboxylic acid groups (broad SMARTS) is 1. The average molecular weight is 288 g/mol. The summed E-state index contributed by atoms with van der Waals surface area (Å²) in [6.07, 6.45) is 0. The van der Waals surface area contributed by atoms with Gasteiger partial charge in [-0.2, -0.15) is 4.68 Å². The second-order valence-electron chi connectivity index (χ2n) is 4.08. The van der Waals surface area contributed by atoms with Crippen LogP contribution >= 0.6 is 11.3 Å². The second-order valence-corrected chi connectivity index (χ2v) is 4.96. The number of anilines is 1. The molecule has 2 aromatic heterocycles. The predicted molar refractivity (Wildman–Crippen MR) is 75.1 cm³/mol. The van der Waals surface area contributed by atoms with Crippen LogP contribution in [0.1, 0.15) is 10.4 Å². The molecule has 3 rings (SSSR count). The van der Waals surface area contributed by atoms with Crippen LogP contribution in [0.15, 0.2) is 45.3 Å². The van der Waals surface area contributed by atoms with Crippen LogP contribution in [0.3, 0.4) is 0 Å². The minimum atomic E-state index is -1.12. The van der Waals surface area contributed by atoms with Crippen molar-refractivity contribution in [3.8, 4) is 11.1 Å². The molecular weight excluding hydrogens is 280 g/mol. The lowest BCUT2D eigenvalue weighted by atomic mass is 10.0. The smallest absolute Gasteiger partial charge is 0.340 e. The zero-order chi connectivity index (χ0) is 14.3. The van der Waals surface area contributed by atoms with Gasteiger partial charge in [0.1, 0.15) is 10.6 Å². The van der Waals surface area contributed by atoms with Gasteiger partial charge in [-0.15, -0.1) is 11.3 Å². The Morgan fingerprint density at radius 2 is 1.80 bits per heavy atom. The number of benzene rings is 1. The Morgan fingerprint density at radius 3 is 2.35 bits per heavy atom. The highest BCUT2D eigenvalue weighted by molar-refractivity contribution is 7.15. The maximum Gasteiger partial charge on any atom is 0.340 e. The van der Waals surface area contributed by atoms with E-state index in [9.17, 15) is 19.5 Å². The van der Waals surface area contributed by atoms with Crippen LogP contribution in [-0.4, -0.2) is 15.8 Å². The van der Waals surface area contributed by atoms with Gasteiger partial charge < -0.3 is 5.11 Å². The number of aromatic nitrogens is 1. The van der Waals surface area contributed by atoms with E-state index in [2.05, 4.69) is 5.43 Å². The molecule has 7 heteroatoms. The summed E-state index contributed by atoms with van der Waals surface area (Å²) in [6.45, 7) is 0. The third kappa shape index (κ3) is 1.94. The molecule has 0 atom stereocenters. The average Bonchev–Trinajstić information content (AvgIpc) is 2.88. The number of carboxylic acids is 1. The number of hydrogen-bond acceptors (Lipinski definition) is 5. The molecule has 2 N–H and O–H groups in total. The fourth-order valence-electron chi connectivity index (χ4n) is 1.82. The lowest BCUT2D eigenvalue weighted by Gasteiger charge is -2.03. The molecule has 0 spiro atoms. The van der Waals surface area contributed by atoms with E-state index in [0.29, 0.717) is 5.56 Å². The van der Waals surface area contributed by atoms with Gasteiger partial charge in [-0.05, 0) is 5.56 Å². The minimum absolute atomic E-state index is 0.0497. The zero-order valence-electron chi connectivity index (χ0n) is 9.99. The third-order valence-electron chi connectivity index (χ3n) is 2.84. The first-order valence-electron chi connectivity index (χ1n) is 5.65. The van der Waals surface area contributed by atoms with Crippen LogP contribution < -0.4 is 16.5 Å². The molecule has 1 aromatic carbocycles. The molecule has 6 nitrogen and oxygen atoms in total. The van der Waals surface area contributed by atoms with Crippen LogP contribution in [0.2, 0.25) is 0 Å². The summed E-state index contributed by atoms with van der Waals surface area (Å²) >= 11 is 1.13. The van der Waals surface area contributed by atoms with Crippen LogP contribution in [0.5, 0.6) is 0 Å². The van der Waals surface area contributed by atoms with Gasteiger partial charge in [0.25, 0.3) is 0 Å². The number of carbonyl (C=O) groups is 1. The summed E-state index contributed by atoms with van der Waals surface area (Å²) in [4.78, 5) is 33.3. The molecule has 0 fully saturated rings. The Morgan fingerprint density at radius 1 is 1.15 bits per heavy atom. The molecule has 0 saturated carbocycles. The van der Waals surface area contributed by atoms with Crippen molar-refractivity contribution in [1.82, 2.24) is 4.68 Å². The number of aromatic carboxylic acids is 1. The maximum absolute atomic E-state index is 11.4. The molecule has 0 aliphatic carbocycles. The topological polar surface area (TPSA) is 88.4 Å². The molecule has 0 aliphatic rings. The number of rotatable bonds is 4. The van der Waals surface area contributed by atoms with E-state index in [-0.39, 0.29) is 10.6 Å². The van der Waals surface area contributed by atoms with Crippen LogP contribution in [0.4, 0.5) is 5.00 Å². The van der Waals surface area contributed by atoms with Gasteiger partial charge in [-0.25, -0.2) is 4.79 Å². The van der Waals surface area contributed by atoms with Gasteiger partial charge in [0.15, 0.2) is 0 Å². The van der Waals surface area contributed by atoms with Gasteiger partial charge in [0.05, 0.1) is 0 Å². The van der Waals surface area contributed by atoms with Gasteiger partial charge in [0, 0.05) is 10.9 Å². The van der Waals surface area contributed by atoms with Gasteiger partial charge in [0.2, 0.25) is 0 Å². The fourth-order valence-corrected chi connectivity index (χ4v) is 2.77. The normalized spacial score (nSPS) is 10.8. The molecule has 0 bridgehead atoms. The van der Waals surface area contributed by atoms with Crippen molar-refractivity contribution < 1.29 is 9.90 Å². The van der Waals surface area contributed by atoms with Gasteiger partial charge >= 0.3 is 17.1 Å². The fraction of sp³-hybridized carbons (Fsp3) is 0. The molecule has 0 radical (unpaired) electrons. The van der Waals surface area contributed by atoms with Crippen LogP contribution in [-0.2, 0) is 0 Å². The van der Waals surface area contributed by atoms with Crippen LogP contribution in [0, 0.1) is 0 Å². The number of nitrogens with one attached hydrogen (secondary N) is 1. The minimum Gasteiger partial charge on any atom is -0.478 e. The lowest BCUT2D eigenvalue weighted by Crippen LogP contribution is -2.10. The Balaban J connectivity index is 2.07. The quantitative estimate of drug-likeness (QED) is 0.708. The van der Waals surface area contributed by atoms with Crippen molar-refractivity contribution in [2.45, 2.75) is 0 Å². The molecule has 0 aliphatic heterocycles. The van der Waals surface area contributed by atoms with Gasteiger partial charge in [-0.1, -0.05) is 30.3 Å². The van der Waals surface area contributed by atoms with E-state index in [1.165, 1.54) is 0 Å². The first kappa shape index (κ1) is 12.4. The Labute approximate surface area is 116 Å². The Kier molecular flexibility index (Phi) is 2.76. The maximum atomic E-state index is 11.4. The van der Waals surface area contributed by atoms with Crippen molar-refractivity contribution in [2.24, 2.45) is 0 Å². The predicted octanol–water partition coefficient (Wildman–Crippen LogP) is 1.39. The van der Waals surface area contributed by atoms with Crippen molar-refractivity contribution in [2.75, 3.05) is 5.43 Å².